The summed E-state index contributed by atoms with van der Waals surface area (Å²) in [7, 11) is 0. The SMILES string of the molecule is Cc1nc(C)c(C(=O)N[C@](C)(C(=O)O)C(C)C)s1. The van der Waals surface area contributed by atoms with E-state index in [0.29, 0.717) is 10.6 Å². The summed E-state index contributed by atoms with van der Waals surface area (Å²) >= 11 is 1.27. The Morgan fingerprint density at radius 1 is 1.39 bits per heavy atom. The predicted molar refractivity (Wildman–Crippen MR) is 69.9 cm³/mol. The molecule has 1 rings (SSSR count). The molecule has 0 fully saturated rings. The first-order valence-electron chi connectivity index (χ1n) is 5.68. The number of carboxylic acid groups (broad SMARTS) is 1. The highest BCUT2D eigenvalue weighted by molar-refractivity contribution is 7.13. The number of rotatable bonds is 4. The Morgan fingerprint density at radius 3 is 2.28 bits per heavy atom. The van der Waals surface area contributed by atoms with E-state index >= 15 is 0 Å². The molecule has 0 unspecified atom stereocenters. The Labute approximate surface area is 110 Å². The molecule has 1 amide bonds. The van der Waals surface area contributed by atoms with Crippen LogP contribution in [0.5, 0.6) is 0 Å². The van der Waals surface area contributed by atoms with Crippen LogP contribution >= 0.6 is 11.3 Å². The Bertz CT molecular complexity index is 482. The van der Waals surface area contributed by atoms with Crippen molar-refractivity contribution in [3.63, 3.8) is 0 Å². The van der Waals surface area contributed by atoms with Gasteiger partial charge in [0.2, 0.25) is 0 Å². The second kappa shape index (κ2) is 5.06. The van der Waals surface area contributed by atoms with E-state index in [1.54, 1.807) is 20.8 Å². The molecule has 0 saturated carbocycles. The van der Waals surface area contributed by atoms with Crippen molar-refractivity contribution < 1.29 is 14.7 Å². The van der Waals surface area contributed by atoms with Crippen LogP contribution < -0.4 is 5.32 Å². The number of nitrogens with one attached hydrogen (secondary N) is 1. The molecular formula is C12H18N2O3S. The topological polar surface area (TPSA) is 79.3 Å². The van der Waals surface area contributed by atoms with Crippen LogP contribution in [0.15, 0.2) is 0 Å². The Kier molecular flexibility index (Phi) is 4.11. The summed E-state index contributed by atoms with van der Waals surface area (Å²) in [6.07, 6.45) is 0. The molecule has 1 atom stereocenters. The fourth-order valence-electron chi connectivity index (χ4n) is 1.48. The van der Waals surface area contributed by atoms with Gasteiger partial charge in [0.25, 0.3) is 5.91 Å². The maximum Gasteiger partial charge on any atom is 0.329 e. The van der Waals surface area contributed by atoms with E-state index in [9.17, 15) is 14.7 Å². The fraction of sp³-hybridized carbons (Fsp3) is 0.583. The zero-order chi connectivity index (χ0) is 14.1. The average Bonchev–Trinajstić information content (AvgIpc) is 2.57. The summed E-state index contributed by atoms with van der Waals surface area (Å²) in [5.41, 5.74) is -0.645. The summed E-state index contributed by atoms with van der Waals surface area (Å²) in [5.74, 6) is -1.63. The van der Waals surface area contributed by atoms with Crippen LogP contribution in [-0.2, 0) is 4.79 Å². The zero-order valence-corrected chi connectivity index (χ0v) is 12.0. The first-order valence-corrected chi connectivity index (χ1v) is 6.50. The van der Waals surface area contributed by atoms with Crippen molar-refractivity contribution in [2.75, 3.05) is 0 Å². The highest BCUT2D eigenvalue weighted by Gasteiger charge is 2.38. The number of thiazole rings is 1. The largest absolute Gasteiger partial charge is 0.480 e. The third kappa shape index (κ3) is 2.69. The minimum atomic E-state index is -1.28. The molecular weight excluding hydrogens is 252 g/mol. The number of amides is 1. The summed E-state index contributed by atoms with van der Waals surface area (Å²) in [5, 5.41) is 12.6. The number of aryl methyl sites for hydroxylation is 2. The van der Waals surface area contributed by atoms with Gasteiger partial charge in [0.05, 0.1) is 10.7 Å². The number of carboxylic acids is 1. The standard InChI is InChI=1S/C12H18N2O3S/c1-6(2)12(5,11(16)17)14-10(15)9-7(3)13-8(4)18-9/h6H,1-5H3,(H,14,15)(H,16,17)/t12-/m0/s1. The van der Waals surface area contributed by atoms with E-state index in [2.05, 4.69) is 10.3 Å². The van der Waals surface area contributed by atoms with Crippen LogP contribution in [0.4, 0.5) is 0 Å². The lowest BCUT2D eigenvalue weighted by Gasteiger charge is -2.29. The van der Waals surface area contributed by atoms with Gasteiger partial charge in [-0.3, -0.25) is 4.79 Å². The number of carbonyl (C=O) groups is 2. The Morgan fingerprint density at radius 2 is 1.94 bits per heavy atom. The fourth-order valence-corrected chi connectivity index (χ4v) is 2.29. The molecule has 1 heterocycles. The van der Waals surface area contributed by atoms with Gasteiger partial charge in [0, 0.05) is 0 Å². The lowest BCUT2D eigenvalue weighted by Crippen LogP contribution is -2.55. The number of aromatic nitrogens is 1. The first kappa shape index (κ1) is 14.6. The van der Waals surface area contributed by atoms with Crippen molar-refractivity contribution in [2.24, 2.45) is 5.92 Å². The van der Waals surface area contributed by atoms with Crippen molar-refractivity contribution in [1.82, 2.24) is 10.3 Å². The van der Waals surface area contributed by atoms with Gasteiger partial charge in [-0.1, -0.05) is 13.8 Å². The molecule has 5 nitrogen and oxygen atoms in total. The zero-order valence-electron chi connectivity index (χ0n) is 11.2. The maximum absolute atomic E-state index is 12.1. The van der Waals surface area contributed by atoms with Crippen molar-refractivity contribution in [3.05, 3.63) is 15.6 Å². The van der Waals surface area contributed by atoms with Gasteiger partial charge in [-0.2, -0.15) is 0 Å². The highest BCUT2D eigenvalue weighted by atomic mass is 32.1. The minimum absolute atomic E-state index is 0.215. The van der Waals surface area contributed by atoms with E-state index in [4.69, 9.17) is 0 Å². The summed E-state index contributed by atoms with van der Waals surface area (Å²) in [6.45, 7) is 8.60. The molecule has 0 aliphatic carbocycles. The number of hydrogen-bond acceptors (Lipinski definition) is 4. The van der Waals surface area contributed by atoms with E-state index in [-0.39, 0.29) is 11.8 Å². The van der Waals surface area contributed by atoms with E-state index < -0.39 is 11.5 Å². The molecule has 100 valence electrons. The summed E-state index contributed by atoms with van der Waals surface area (Å²) < 4.78 is 0. The van der Waals surface area contributed by atoms with Crippen molar-refractivity contribution in [3.8, 4) is 0 Å². The van der Waals surface area contributed by atoms with E-state index in [0.717, 1.165) is 5.01 Å². The van der Waals surface area contributed by atoms with Gasteiger partial charge in [-0.15, -0.1) is 11.3 Å². The summed E-state index contributed by atoms with van der Waals surface area (Å²) in [4.78, 5) is 28.0. The van der Waals surface area contributed by atoms with Gasteiger partial charge >= 0.3 is 5.97 Å². The van der Waals surface area contributed by atoms with Crippen LogP contribution in [-0.4, -0.2) is 27.5 Å². The second-order valence-electron chi connectivity index (χ2n) is 4.76. The number of nitrogens with zero attached hydrogens (tertiary/aromatic N) is 1. The monoisotopic (exact) mass is 270 g/mol. The molecule has 1 aromatic rings. The highest BCUT2D eigenvalue weighted by Crippen LogP contribution is 2.21. The molecule has 18 heavy (non-hydrogen) atoms. The van der Waals surface area contributed by atoms with Gasteiger partial charge in [0.1, 0.15) is 10.4 Å². The van der Waals surface area contributed by atoms with Crippen LogP contribution in [0.25, 0.3) is 0 Å². The number of hydrogen-bond donors (Lipinski definition) is 2. The third-order valence-corrected chi connectivity index (χ3v) is 4.15. The molecule has 0 bridgehead atoms. The maximum atomic E-state index is 12.1. The van der Waals surface area contributed by atoms with Crippen molar-refractivity contribution in [2.45, 2.75) is 40.2 Å². The molecule has 2 N–H and O–H groups in total. The van der Waals surface area contributed by atoms with E-state index in [1.807, 2.05) is 6.92 Å². The molecule has 0 spiro atoms. The normalized spacial score (nSPS) is 14.3. The van der Waals surface area contributed by atoms with Crippen LogP contribution in [0.1, 0.15) is 41.1 Å². The van der Waals surface area contributed by atoms with Crippen LogP contribution in [0.3, 0.4) is 0 Å². The van der Waals surface area contributed by atoms with E-state index in [1.165, 1.54) is 18.3 Å². The predicted octanol–water partition coefficient (Wildman–Crippen LogP) is 1.99. The number of aliphatic carboxylic acids is 1. The molecule has 0 radical (unpaired) electrons. The summed E-state index contributed by atoms with van der Waals surface area (Å²) in [6, 6.07) is 0. The Balaban J connectivity index is 3.00. The quantitative estimate of drug-likeness (QED) is 0.877. The third-order valence-electron chi connectivity index (χ3n) is 3.08. The molecule has 1 aromatic heterocycles. The smallest absolute Gasteiger partial charge is 0.329 e. The average molecular weight is 270 g/mol. The number of carbonyl (C=O) groups excluding carboxylic acids is 1. The van der Waals surface area contributed by atoms with Crippen molar-refractivity contribution in [1.29, 1.82) is 0 Å². The molecule has 0 aliphatic heterocycles. The molecule has 0 aromatic carbocycles. The first-order chi connectivity index (χ1) is 8.18. The van der Waals surface area contributed by atoms with Crippen molar-refractivity contribution >= 4 is 23.2 Å². The lowest BCUT2D eigenvalue weighted by molar-refractivity contribution is -0.145. The Hall–Kier alpha value is -1.43. The minimum Gasteiger partial charge on any atom is -0.480 e. The molecule has 0 aliphatic rings. The van der Waals surface area contributed by atoms with Crippen LogP contribution in [0, 0.1) is 19.8 Å². The van der Waals surface area contributed by atoms with Crippen LogP contribution in [0.2, 0.25) is 0 Å². The van der Waals surface area contributed by atoms with Gasteiger partial charge in [0.15, 0.2) is 0 Å². The van der Waals surface area contributed by atoms with Gasteiger partial charge in [-0.25, -0.2) is 9.78 Å². The molecule has 6 heteroatoms. The second-order valence-corrected chi connectivity index (χ2v) is 5.97. The molecule has 0 saturated heterocycles. The lowest BCUT2D eigenvalue weighted by atomic mass is 9.88. The van der Waals surface area contributed by atoms with Gasteiger partial charge < -0.3 is 10.4 Å². The van der Waals surface area contributed by atoms with Gasteiger partial charge in [-0.05, 0) is 26.7 Å².